The number of para-hydroxylation sites is 1. The molecule has 3 N–H and O–H groups in total. The van der Waals surface area contributed by atoms with Crippen LogP contribution < -0.4 is 5.73 Å². The molecule has 0 amide bonds. The molecule has 0 aliphatic heterocycles. The van der Waals surface area contributed by atoms with E-state index in [1.165, 1.54) is 12.5 Å². The average molecular weight is 289 g/mol. The van der Waals surface area contributed by atoms with Crippen LogP contribution in [-0.4, -0.2) is 29.6 Å². The SMILES string of the molecule is COC(=O)c1csc(C(=O)C(=N)c2ccccc2N)n1. The third kappa shape index (κ3) is 2.57. The number of hydrogen-bond acceptors (Lipinski definition) is 7. The molecule has 0 saturated heterocycles. The Morgan fingerprint density at radius 2 is 2.05 bits per heavy atom. The summed E-state index contributed by atoms with van der Waals surface area (Å²) >= 11 is 0.987. The summed E-state index contributed by atoms with van der Waals surface area (Å²) in [5.41, 5.74) is 6.21. The highest BCUT2D eigenvalue weighted by Crippen LogP contribution is 2.17. The molecule has 0 unspecified atom stereocenters. The highest BCUT2D eigenvalue weighted by molar-refractivity contribution is 7.13. The van der Waals surface area contributed by atoms with Gasteiger partial charge in [0.25, 0.3) is 0 Å². The summed E-state index contributed by atoms with van der Waals surface area (Å²) in [6.07, 6.45) is 0. The van der Waals surface area contributed by atoms with Gasteiger partial charge in [-0.05, 0) is 6.07 Å². The second kappa shape index (κ2) is 5.62. The number of ether oxygens (including phenoxy) is 1. The van der Waals surface area contributed by atoms with Gasteiger partial charge in [-0.3, -0.25) is 10.2 Å². The Balaban J connectivity index is 2.28. The van der Waals surface area contributed by atoms with Gasteiger partial charge in [0.2, 0.25) is 5.78 Å². The third-order valence-corrected chi connectivity index (χ3v) is 3.39. The number of rotatable bonds is 4. The lowest BCUT2D eigenvalue weighted by atomic mass is 10.1. The Labute approximate surface area is 118 Å². The highest BCUT2D eigenvalue weighted by Gasteiger charge is 2.21. The van der Waals surface area contributed by atoms with Gasteiger partial charge >= 0.3 is 5.97 Å². The van der Waals surface area contributed by atoms with E-state index < -0.39 is 11.8 Å². The first kappa shape index (κ1) is 13.9. The number of thiazole rings is 1. The summed E-state index contributed by atoms with van der Waals surface area (Å²) in [5.74, 6) is -1.20. The summed E-state index contributed by atoms with van der Waals surface area (Å²) in [6.45, 7) is 0. The van der Waals surface area contributed by atoms with Gasteiger partial charge in [-0.15, -0.1) is 11.3 Å². The molecule has 1 aromatic carbocycles. The van der Waals surface area contributed by atoms with Gasteiger partial charge in [0.15, 0.2) is 10.7 Å². The minimum atomic E-state index is -0.619. The van der Waals surface area contributed by atoms with E-state index in [0.717, 1.165) is 11.3 Å². The van der Waals surface area contributed by atoms with Crippen LogP contribution >= 0.6 is 11.3 Å². The van der Waals surface area contributed by atoms with Crippen LogP contribution in [0.25, 0.3) is 0 Å². The number of benzene rings is 1. The van der Waals surface area contributed by atoms with E-state index in [0.29, 0.717) is 11.3 Å². The maximum absolute atomic E-state index is 12.1. The van der Waals surface area contributed by atoms with Gasteiger partial charge in [0, 0.05) is 16.6 Å². The lowest BCUT2D eigenvalue weighted by Gasteiger charge is -2.04. The van der Waals surface area contributed by atoms with Crippen LogP contribution in [0.1, 0.15) is 25.9 Å². The highest BCUT2D eigenvalue weighted by atomic mass is 32.1. The Morgan fingerprint density at radius 1 is 1.35 bits per heavy atom. The molecule has 0 aliphatic rings. The predicted molar refractivity (Wildman–Crippen MR) is 75.5 cm³/mol. The molecule has 7 heteroatoms. The van der Waals surface area contributed by atoms with E-state index in [4.69, 9.17) is 11.1 Å². The van der Waals surface area contributed by atoms with Crippen LogP contribution in [0, 0.1) is 5.41 Å². The summed E-state index contributed by atoms with van der Waals surface area (Å²) < 4.78 is 4.51. The van der Waals surface area contributed by atoms with Crippen molar-refractivity contribution in [3.8, 4) is 0 Å². The molecule has 0 saturated carbocycles. The first-order valence-electron chi connectivity index (χ1n) is 5.56. The molecule has 2 aromatic rings. The number of nitrogen functional groups attached to an aromatic ring is 1. The molecule has 0 radical (unpaired) electrons. The Bertz CT molecular complexity index is 694. The number of nitrogens with zero attached hydrogens (tertiary/aromatic N) is 1. The number of methoxy groups -OCH3 is 1. The van der Waals surface area contributed by atoms with Crippen molar-refractivity contribution in [3.63, 3.8) is 0 Å². The van der Waals surface area contributed by atoms with Crippen LogP contribution in [0.15, 0.2) is 29.6 Å². The molecular formula is C13H11N3O3S. The van der Waals surface area contributed by atoms with Gasteiger partial charge in [-0.1, -0.05) is 18.2 Å². The fraction of sp³-hybridized carbons (Fsp3) is 0.0769. The quantitative estimate of drug-likeness (QED) is 0.386. The Morgan fingerprint density at radius 3 is 2.70 bits per heavy atom. The number of aromatic nitrogens is 1. The zero-order chi connectivity index (χ0) is 14.7. The minimum absolute atomic E-state index is 0.0506. The van der Waals surface area contributed by atoms with Crippen molar-refractivity contribution in [1.29, 1.82) is 5.41 Å². The summed E-state index contributed by atoms with van der Waals surface area (Å²) in [4.78, 5) is 27.3. The number of nitrogens with two attached hydrogens (primary N) is 1. The lowest BCUT2D eigenvalue weighted by Crippen LogP contribution is -2.16. The zero-order valence-corrected chi connectivity index (χ0v) is 11.4. The molecule has 1 heterocycles. The van der Waals surface area contributed by atoms with E-state index in [1.807, 2.05) is 0 Å². The first-order chi connectivity index (χ1) is 9.54. The molecule has 0 atom stereocenters. The monoisotopic (exact) mass is 289 g/mol. The number of hydrogen-bond donors (Lipinski definition) is 2. The second-order valence-electron chi connectivity index (χ2n) is 3.82. The van der Waals surface area contributed by atoms with Crippen LogP contribution in [0.5, 0.6) is 0 Å². The van der Waals surface area contributed by atoms with Gasteiger partial charge in [0.1, 0.15) is 5.71 Å². The van der Waals surface area contributed by atoms with Crippen LogP contribution in [0.3, 0.4) is 0 Å². The standard InChI is InChI=1S/C13H11N3O3S/c1-19-13(18)9-6-20-12(16-9)11(17)10(15)7-4-2-3-5-8(7)14/h2-6,15H,14H2,1H3. The number of esters is 1. The van der Waals surface area contributed by atoms with E-state index in [1.54, 1.807) is 24.3 Å². The Hall–Kier alpha value is -2.54. The number of Topliss-reactive ketones (excluding diaryl/α,β-unsaturated/α-hetero) is 1. The summed E-state index contributed by atoms with van der Waals surface area (Å²) in [6, 6.07) is 6.61. The molecule has 2 rings (SSSR count). The van der Waals surface area contributed by atoms with Crippen LogP contribution in [0.2, 0.25) is 0 Å². The van der Waals surface area contributed by atoms with E-state index >= 15 is 0 Å². The van der Waals surface area contributed by atoms with Crippen molar-refractivity contribution in [2.24, 2.45) is 0 Å². The molecule has 0 fully saturated rings. The molecule has 0 aliphatic carbocycles. The van der Waals surface area contributed by atoms with Crippen LogP contribution in [0.4, 0.5) is 5.69 Å². The van der Waals surface area contributed by atoms with Crippen molar-refractivity contribution in [2.45, 2.75) is 0 Å². The summed E-state index contributed by atoms with van der Waals surface area (Å²) in [5, 5.41) is 9.37. The average Bonchev–Trinajstić information content (AvgIpc) is 2.95. The fourth-order valence-electron chi connectivity index (χ4n) is 1.53. The number of anilines is 1. The van der Waals surface area contributed by atoms with Crippen molar-refractivity contribution >= 4 is 34.5 Å². The van der Waals surface area contributed by atoms with Gasteiger partial charge in [-0.25, -0.2) is 9.78 Å². The maximum Gasteiger partial charge on any atom is 0.357 e. The smallest absolute Gasteiger partial charge is 0.357 e. The zero-order valence-electron chi connectivity index (χ0n) is 10.5. The number of nitrogens with one attached hydrogen (secondary N) is 1. The molecule has 0 spiro atoms. The van der Waals surface area contributed by atoms with E-state index in [2.05, 4.69) is 9.72 Å². The van der Waals surface area contributed by atoms with E-state index in [-0.39, 0.29) is 16.4 Å². The predicted octanol–water partition coefficient (Wildman–Crippen LogP) is 1.76. The molecule has 1 aromatic heterocycles. The van der Waals surface area contributed by atoms with Crippen molar-refractivity contribution in [3.05, 3.63) is 45.9 Å². The number of ketones is 1. The Kier molecular flexibility index (Phi) is 3.90. The van der Waals surface area contributed by atoms with Crippen molar-refractivity contribution < 1.29 is 14.3 Å². The first-order valence-corrected chi connectivity index (χ1v) is 6.44. The normalized spacial score (nSPS) is 10.1. The van der Waals surface area contributed by atoms with Crippen molar-refractivity contribution in [1.82, 2.24) is 4.98 Å². The lowest BCUT2D eigenvalue weighted by molar-refractivity contribution is 0.0595. The minimum Gasteiger partial charge on any atom is -0.464 e. The molecule has 6 nitrogen and oxygen atoms in total. The molecule has 0 bridgehead atoms. The number of carbonyl (C=O) groups is 2. The van der Waals surface area contributed by atoms with E-state index in [9.17, 15) is 9.59 Å². The molecule has 102 valence electrons. The van der Waals surface area contributed by atoms with Crippen molar-refractivity contribution in [2.75, 3.05) is 12.8 Å². The third-order valence-electron chi connectivity index (χ3n) is 2.55. The largest absolute Gasteiger partial charge is 0.464 e. The van der Waals surface area contributed by atoms with Gasteiger partial charge in [-0.2, -0.15) is 0 Å². The molecule has 20 heavy (non-hydrogen) atoms. The molecular weight excluding hydrogens is 278 g/mol. The number of carbonyl (C=O) groups excluding carboxylic acids is 2. The summed E-state index contributed by atoms with van der Waals surface area (Å²) in [7, 11) is 1.23. The van der Waals surface area contributed by atoms with Crippen LogP contribution in [-0.2, 0) is 4.74 Å². The van der Waals surface area contributed by atoms with Gasteiger partial charge < -0.3 is 10.5 Å². The fourth-order valence-corrected chi connectivity index (χ4v) is 2.26. The van der Waals surface area contributed by atoms with Gasteiger partial charge in [0.05, 0.1) is 7.11 Å². The topological polar surface area (TPSA) is 106 Å². The maximum atomic E-state index is 12.1. The second-order valence-corrected chi connectivity index (χ2v) is 4.68.